The van der Waals surface area contributed by atoms with E-state index >= 15 is 0 Å². The van der Waals surface area contributed by atoms with Crippen LogP contribution in [0.1, 0.15) is 39.7 Å². The molecule has 29 heavy (non-hydrogen) atoms. The summed E-state index contributed by atoms with van der Waals surface area (Å²) in [5.41, 5.74) is 1.000. The summed E-state index contributed by atoms with van der Waals surface area (Å²) in [6.45, 7) is 19.8. The van der Waals surface area contributed by atoms with Crippen LogP contribution in [0, 0.1) is 17.8 Å². The van der Waals surface area contributed by atoms with Gasteiger partial charge in [-0.05, 0) is 37.8 Å². The van der Waals surface area contributed by atoms with Crippen LogP contribution >= 0.6 is 0 Å². The second kappa shape index (κ2) is 9.61. The van der Waals surface area contributed by atoms with Crippen molar-refractivity contribution in [3.63, 3.8) is 0 Å². The van der Waals surface area contributed by atoms with Crippen LogP contribution in [-0.4, -0.2) is 29.7 Å². The number of rotatable bonds is 7. The Hall–Kier alpha value is -1.40. The van der Waals surface area contributed by atoms with E-state index in [0.717, 1.165) is 5.56 Å². The monoisotopic (exact) mass is 434 g/mol. The molecular weight excluding hydrogens is 396 g/mol. The molecule has 0 aliphatic rings. The Morgan fingerprint density at radius 2 is 1.59 bits per heavy atom. The molecule has 0 fully saturated rings. The molecule has 0 spiro atoms. The number of ether oxygens (including phenoxy) is 1. The molecular formula is C23H38O4Si2. The fraction of sp³-hybridized carbons (Fsp3) is 0.609. The quantitative estimate of drug-likeness (QED) is 0.176. The van der Waals surface area contributed by atoms with E-state index in [1.807, 2.05) is 18.2 Å². The van der Waals surface area contributed by atoms with Crippen LogP contribution < -0.4 is 0 Å². The summed E-state index contributed by atoms with van der Waals surface area (Å²) < 4.78 is 18.6. The second-order valence-electron chi connectivity index (χ2n) is 10.0. The number of hydrogen-bond acceptors (Lipinski definition) is 4. The van der Waals surface area contributed by atoms with E-state index in [1.165, 1.54) is 7.11 Å². The van der Waals surface area contributed by atoms with Crippen LogP contribution in [0.25, 0.3) is 0 Å². The maximum Gasteiger partial charge on any atom is 0.384 e. The summed E-state index contributed by atoms with van der Waals surface area (Å²) in [5, 5.41) is 0.0211. The minimum absolute atomic E-state index is 0.0211. The molecule has 6 heteroatoms. The van der Waals surface area contributed by atoms with Gasteiger partial charge < -0.3 is 13.6 Å². The number of methoxy groups -OCH3 is 1. The van der Waals surface area contributed by atoms with Crippen molar-refractivity contribution in [1.29, 1.82) is 0 Å². The Balaban J connectivity index is 3.56. The zero-order valence-corrected chi connectivity index (χ0v) is 21.8. The number of carbonyl (C=O) groups excluding carboxylic acids is 1. The summed E-state index contributed by atoms with van der Waals surface area (Å²) in [6.07, 6.45) is 0.461. The van der Waals surface area contributed by atoms with Gasteiger partial charge in [0.15, 0.2) is 22.4 Å². The Kier molecular flexibility index (Phi) is 8.50. The average molecular weight is 435 g/mol. The second-order valence-corrected chi connectivity index (χ2v) is 19.2. The predicted molar refractivity (Wildman–Crippen MR) is 124 cm³/mol. The third-order valence-corrected chi connectivity index (χ3v) is 10.6. The topological polar surface area (TPSA) is 44.8 Å². The van der Waals surface area contributed by atoms with Gasteiger partial charge in [-0.1, -0.05) is 63.9 Å². The molecule has 162 valence electrons. The van der Waals surface area contributed by atoms with Gasteiger partial charge in [-0.15, -0.1) is 0 Å². The standard InChI is InChI=1S/C23H38O4Si2/c1-19(15-14-18-21(24)25-5)23(26-28(6,7)8,20-16-12-11-13-17-20)27-29(9,10)22(2,3)4/h11-13,16-17,19H,15H2,1-10H3/t19-,23-/m1/s1. The first kappa shape index (κ1) is 25.6. The largest absolute Gasteiger partial charge is 0.459 e. The molecule has 0 radical (unpaired) electrons. The molecule has 2 atom stereocenters. The smallest absolute Gasteiger partial charge is 0.384 e. The SMILES string of the molecule is COC(=O)C#CC[C@@H](C)[C@@](O[Si](C)(C)C)(O[Si](C)(C)C(C)(C)C)c1ccccc1. The third-order valence-electron chi connectivity index (χ3n) is 5.28. The highest BCUT2D eigenvalue weighted by Gasteiger charge is 2.50. The lowest BCUT2D eigenvalue weighted by molar-refractivity contribution is -0.176. The van der Waals surface area contributed by atoms with Crippen molar-refractivity contribution in [3.8, 4) is 11.8 Å². The van der Waals surface area contributed by atoms with Gasteiger partial charge in [0, 0.05) is 23.8 Å². The van der Waals surface area contributed by atoms with Crippen LogP contribution in [-0.2, 0) is 24.2 Å². The van der Waals surface area contributed by atoms with E-state index in [9.17, 15) is 4.79 Å². The van der Waals surface area contributed by atoms with E-state index in [1.54, 1.807) is 0 Å². The molecule has 1 rings (SSSR count). The molecule has 0 aliphatic carbocycles. The Morgan fingerprint density at radius 1 is 1.03 bits per heavy atom. The zero-order valence-electron chi connectivity index (χ0n) is 19.8. The van der Waals surface area contributed by atoms with E-state index in [0.29, 0.717) is 6.42 Å². The molecule has 0 saturated heterocycles. The van der Waals surface area contributed by atoms with Crippen molar-refractivity contribution < 1.29 is 18.4 Å². The Morgan fingerprint density at radius 3 is 2.03 bits per heavy atom. The number of benzene rings is 1. The molecule has 0 unspecified atom stereocenters. The molecule has 0 bridgehead atoms. The van der Waals surface area contributed by atoms with E-state index in [2.05, 4.69) is 89.1 Å². The summed E-state index contributed by atoms with van der Waals surface area (Å²) in [7, 11) is -2.87. The fourth-order valence-corrected chi connectivity index (χ4v) is 5.52. The van der Waals surface area contributed by atoms with Crippen LogP contribution in [0.3, 0.4) is 0 Å². The lowest BCUT2D eigenvalue weighted by Crippen LogP contribution is -2.55. The van der Waals surface area contributed by atoms with Crippen LogP contribution in [0.15, 0.2) is 30.3 Å². The number of esters is 1. The van der Waals surface area contributed by atoms with Crippen LogP contribution in [0.2, 0.25) is 37.8 Å². The molecule has 0 saturated carbocycles. The van der Waals surface area contributed by atoms with Crippen molar-refractivity contribution in [1.82, 2.24) is 0 Å². The predicted octanol–water partition coefficient (Wildman–Crippen LogP) is 5.92. The van der Waals surface area contributed by atoms with Crippen molar-refractivity contribution in [3.05, 3.63) is 35.9 Å². The third kappa shape index (κ3) is 7.11. The summed E-state index contributed by atoms with van der Waals surface area (Å²) >= 11 is 0. The Bertz CT molecular complexity index is 736. The molecule has 4 nitrogen and oxygen atoms in total. The first-order valence-electron chi connectivity index (χ1n) is 10.2. The Labute approximate surface area is 179 Å². The molecule has 0 N–H and O–H groups in total. The first-order valence-corrected chi connectivity index (χ1v) is 16.5. The van der Waals surface area contributed by atoms with E-state index in [-0.39, 0.29) is 11.0 Å². The molecule has 0 aromatic heterocycles. The minimum Gasteiger partial charge on any atom is -0.459 e. The van der Waals surface area contributed by atoms with Gasteiger partial charge in [0.05, 0.1) is 7.11 Å². The van der Waals surface area contributed by atoms with Gasteiger partial charge in [0.25, 0.3) is 0 Å². The van der Waals surface area contributed by atoms with Gasteiger partial charge in [-0.25, -0.2) is 4.79 Å². The highest BCUT2D eigenvalue weighted by molar-refractivity contribution is 6.74. The summed E-state index contributed by atoms with van der Waals surface area (Å²) in [5.74, 6) is 3.98. The van der Waals surface area contributed by atoms with Crippen LogP contribution in [0.4, 0.5) is 0 Å². The average Bonchev–Trinajstić information content (AvgIpc) is 2.59. The van der Waals surface area contributed by atoms with E-state index < -0.39 is 28.4 Å². The molecule has 0 amide bonds. The minimum atomic E-state index is -2.20. The van der Waals surface area contributed by atoms with Crippen LogP contribution in [0.5, 0.6) is 0 Å². The highest BCUT2D eigenvalue weighted by atomic mass is 28.4. The van der Waals surface area contributed by atoms with Crippen molar-refractivity contribution in [2.75, 3.05) is 7.11 Å². The van der Waals surface area contributed by atoms with Gasteiger partial charge in [0.2, 0.25) is 0 Å². The molecule has 0 heterocycles. The molecule has 1 aromatic carbocycles. The van der Waals surface area contributed by atoms with Gasteiger partial charge >= 0.3 is 5.97 Å². The maximum absolute atomic E-state index is 11.5. The summed E-state index contributed by atoms with van der Waals surface area (Å²) in [4.78, 5) is 11.5. The van der Waals surface area contributed by atoms with Gasteiger partial charge in [-0.3, -0.25) is 0 Å². The lowest BCUT2D eigenvalue weighted by Gasteiger charge is -2.50. The molecule has 1 aromatic rings. The molecule has 0 aliphatic heterocycles. The maximum atomic E-state index is 11.5. The highest BCUT2D eigenvalue weighted by Crippen LogP contribution is 2.47. The van der Waals surface area contributed by atoms with Gasteiger partial charge in [0.1, 0.15) is 0 Å². The summed E-state index contributed by atoms with van der Waals surface area (Å²) in [6, 6.07) is 10.2. The number of carbonyl (C=O) groups is 1. The van der Waals surface area contributed by atoms with Gasteiger partial charge in [-0.2, -0.15) is 0 Å². The van der Waals surface area contributed by atoms with Crippen molar-refractivity contribution in [2.24, 2.45) is 5.92 Å². The van der Waals surface area contributed by atoms with Crippen molar-refractivity contribution >= 4 is 22.6 Å². The zero-order chi connectivity index (χ0) is 22.5. The normalized spacial score (nSPS) is 15.7. The van der Waals surface area contributed by atoms with E-state index in [4.69, 9.17) is 8.85 Å². The number of hydrogen-bond donors (Lipinski definition) is 0. The first-order chi connectivity index (χ1) is 13.1. The lowest BCUT2D eigenvalue weighted by atomic mass is 9.91. The fourth-order valence-electron chi connectivity index (χ4n) is 2.74. The van der Waals surface area contributed by atoms with Crippen molar-refractivity contribution in [2.45, 2.75) is 77.7 Å².